The number of halogens is 2. The van der Waals surface area contributed by atoms with Crippen molar-refractivity contribution >= 4 is 33.0 Å². The topological polar surface area (TPSA) is 60.2 Å². The predicted octanol–water partition coefficient (Wildman–Crippen LogP) is 3.53. The van der Waals surface area contributed by atoms with Crippen LogP contribution in [-0.4, -0.2) is 20.2 Å². The molecule has 0 spiro atoms. The Kier molecular flexibility index (Phi) is 5.00. The summed E-state index contributed by atoms with van der Waals surface area (Å²) in [6, 6.07) is 4.49. The minimum atomic E-state index is -3.42. The fourth-order valence-electron chi connectivity index (χ4n) is 2.87. The van der Waals surface area contributed by atoms with Gasteiger partial charge in [0.2, 0.25) is 0 Å². The number of hydrogen-bond donors (Lipinski definition) is 1. The average molecular weight is 336 g/mol. The first-order chi connectivity index (χ1) is 9.36. The molecule has 0 aliphatic heterocycles. The van der Waals surface area contributed by atoms with Gasteiger partial charge in [0.15, 0.2) is 9.84 Å². The summed E-state index contributed by atoms with van der Waals surface area (Å²) in [5.41, 5.74) is 5.76. The molecule has 0 bridgehead atoms. The van der Waals surface area contributed by atoms with Crippen LogP contribution in [0.4, 0.5) is 0 Å². The molecule has 2 rings (SSSR count). The number of nitrogens with two attached hydrogens (primary N) is 1. The molecule has 3 nitrogen and oxygen atoms in total. The van der Waals surface area contributed by atoms with Crippen molar-refractivity contribution < 1.29 is 8.42 Å². The Bertz CT molecular complexity index is 589. The molecule has 0 radical (unpaired) electrons. The lowest BCUT2D eigenvalue weighted by molar-refractivity contribution is 0.296. The van der Waals surface area contributed by atoms with Crippen LogP contribution in [0.1, 0.15) is 26.2 Å². The van der Waals surface area contributed by atoms with Gasteiger partial charge in [0, 0.05) is 0 Å². The zero-order valence-corrected chi connectivity index (χ0v) is 13.7. The van der Waals surface area contributed by atoms with Gasteiger partial charge in [-0.1, -0.05) is 36.5 Å². The summed E-state index contributed by atoms with van der Waals surface area (Å²) >= 11 is 11.8. The van der Waals surface area contributed by atoms with Gasteiger partial charge in [-0.25, -0.2) is 8.42 Å². The Balaban J connectivity index is 2.39. The van der Waals surface area contributed by atoms with Gasteiger partial charge in [0.05, 0.1) is 20.2 Å². The van der Waals surface area contributed by atoms with E-state index in [0.29, 0.717) is 23.9 Å². The minimum Gasteiger partial charge on any atom is -0.330 e. The maximum absolute atomic E-state index is 12.8. The number of hydrogen-bond acceptors (Lipinski definition) is 3. The molecule has 20 heavy (non-hydrogen) atoms. The van der Waals surface area contributed by atoms with Crippen LogP contribution in [-0.2, 0) is 9.84 Å². The molecule has 0 saturated heterocycles. The molecule has 0 amide bonds. The molecule has 1 aromatic rings. The van der Waals surface area contributed by atoms with Crippen LogP contribution in [0.3, 0.4) is 0 Å². The average Bonchev–Trinajstić information content (AvgIpc) is 2.41. The van der Waals surface area contributed by atoms with Gasteiger partial charge < -0.3 is 5.73 Å². The van der Waals surface area contributed by atoms with Gasteiger partial charge in [-0.05, 0) is 49.4 Å². The third-order valence-electron chi connectivity index (χ3n) is 4.11. The normalized spacial score (nSPS) is 27.5. The highest BCUT2D eigenvalue weighted by molar-refractivity contribution is 7.92. The first kappa shape index (κ1) is 16.1. The molecule has 6 heteroatoms. The number of rotatable bonds is 3. The lowest BCUT2D eigenvalue weighted by Crippen LogP contribution is -2.39. The Labute approximate surface area is 130 Å². The van der Waals surface area contributed by atoms with Crippen molar-refractivity contribution in [2.75, 3.05) is 6.54 Å². The van der Waals surface area contributed by atoms with E-state index in [9.17, 15) is 8.42 Å². The van der Waals surface area contributed by atoms with E-state index < -0.39 is 15.1 Å². The van der Waals surface area contributed by atoms with Gasteiger partial charge >= 0.3 is 0 Å². The van der Waals surface area contributed by atoms with Crippen LogP contribution in [0.5, 0.6) is 0 Å². The summed E-state index contributed by atoms with van der Waals surface area (Å²) in [6.07, 6.45) is 2.56. The highest BCUT2D eigenvalue weighted by Crippen LogP contribution is 2.36. The van der Waals surface area contributed by atoms with E-state index in [-0.39, 0.29) is 15.8 Å². The molecule has 3 atom stereocenters. The fraction of sp³-hybridized carbons (Fsp3) is 0.571. The van der Waals surface area contributed by atoms with Crippen molar-refractivity contribution in [2.45, 2.75) is 36.3 Å². The molecule has 0 heterocycles. The van der Waals surface area contributed by atoms with E-state index in [1.165, 1.54) is 18.2 Å². The monoisotopic (exact) mass is 335 g/mol. The molecule has 1 aliphatic carbocycles. The quantitative estimate of drug-likeness (QED) is 0.918. The van der Waals surface area contributed by atoms with Crippen molar-refractivity contribution in [3.8, 4) is 0 Å². The maximum Gasteiger partial charge on any atom is 0.181 e. The van der Waals surface area contributed by atoms with Crippen LogP contribution in [0.15, 0.2) is 23.1 Å². The van der Waals surface area contributed by atoms with E-state index >= 15 is 0 Å². The molecule has 1 aromatic carbocycles. The lowest BCUT2D eigenvalue weighted by atomic mass is 9.82. The Morgan fingerprint density at radius 1 is 1.25 bits per heavy atom. The van der Waals surface area contributed by atoms with Crippen molar-refractivity contribution in [3.63, 3.8) is 0 Å². The van der Waals surface area contributed by atoms with Gasteiger partial charge in [0.1, 0.15) is 0 Å². The highest BCUT2D eigenvalue weighted by Gasteiger charge is 2.38. The van der Waals surface area contributed by atoms with Gasteiger partial charge in [-0.3, -0.25) is 0 Å². The molecule has 3 unspecified atom stereocenters. The standard InChI is InChI=1S/C14H19Cl2NO2S/c1-9-2-3-10(8-17)14(6-9)20(18,19)11-4-5-12(15)13(16)7-11/h4-5,7,9-10,14H,2-3,6,8,17H2,1H3. The molecular formula is C14H19Cl2NO2S. The molecule has 0 aromatic heterocycles. The van der Waals surface area contributed by atoms with E-state index in [4.69, 9.17) is 28.9 Å². The largest absolute Gasteiger partial charge is 0.330 e. The number of benzene rings is 1. The fourth-order valence-corrected chi connectivity index (χ4v) is 5.46. The van der Waals surface area contributed by atoms with Crippen molar-refractivity contribution in [1.82, 2.24) is 0 Å². The lowest BCUT2D eigenvalue weighted by Gasteiger charge is -2.33. The van der Waals surface area contributed by atoms with Crippen molar-refractivity contribution in [3.05, 3.63) is 28.2 Å². The second-order valence-corrected chi connectivity index (χ2v) is 8.55. The minimum absolute atomic E-state index is 0.0191. The second kappa shape index (κ2) is 6.22. The first-order valence-electron chi connectivity index (χ1n) is 6.75. The highest BCUT2D eigenvalue weighted by atomic mass is 35.5. The molecule has 112 valence electrons. The van der Waals surface area contributed by atoms with Crippen LogP contribution in [0.2, 0.25) is 10.0 Å². The summed E-state index contributed by atoms with van der Waals surface area (Å²) in [4.78, 5) is 0.240. The van der Waals surface area contributed by atoms with Crippen molar-refractivity contribution in [1.29, 1.82) is 0 Å². The first-order valence-corrected chi connectivity index (χ1v) is 9.05. The third-order valence-corrected chi connectivity index (χ3v) is 7.14. The smallest absolute Gasteiger partial charge is 0.181 e. The van der Waals surface area contributed by atoms with Gasteiger partial charge in [-0.15, -0.1) is 0 Å². The SMILES string of the molecule is CC1CCC(CN)C(S(=O)(=O)c2ccc(Cl)c(Cl)c2)C1. The van der Waals surface area contributed by atoms with E-state index in [2.05, 4.69) is 6.92 Å². The van der Waals surface area contributed by atoms with E-state index in [1.807, 2.05) is 0 Å². The predicted molar refractivity (Wildman–Crippen MR) is 83.0 cm³/mol. The molecule has 1 aliphatic rings. The Hall–Kier alpha value is -0.290. The van der Waals surface area contributed by atoms with E-state index in [1.54, 1.807) is 0 Å². The Morgan fingerprint density at radius 3 is 2.55 bits per heavy atom. The zero-order valence-electron chi connectivity index (χ0n) is 11.4. The summed E-state index contributed by atoms with van der Waals surface area (Å²) in [5, 5.41) is 0.201. The Morgan fingerprint density at radius 2 is 1.95 bits per heavy atom. The van der Waals surface area contributed by atoms with Gasteiger partial charge in [0.25, 0.3) is 0 Å². The summed E-state index contributed by atoms with van der Waals surface area (Å²) < 4.78 is 25.6. The summed E-state index contributed by atoms with van der Waals surface area (Å²) in [5.74, 6) is 0.422. The van der Waals surface area contributed by atoms with Crippen molar-refractivity contribution in [2.24, 2.45) is 17.6 Å². The maximum atomic E-state index is 12.8. The molecule has 1 fully saturated rings. The van der Waals surface area contributed by atoms with Gasteiger partial charge in [-0.2, -0.15) is 0 Å². The van der Waals surface area contributed by atoms with Crippen LogP contribution in [0, 0.1) is 11.8 Å². The molecule has 2 N–H and O–H groups in total. The third kappa shape index (κ3) is 3.14. The number of sulfone groups is 1. The van der Waals surface area contributed by atoms with Crippen LogP contribution in [0.25, 0.3) is 0 Å². The van der Waals surface area contributed by atoms with Crippen LogP contribution < -0.4 is 5.73 Å². The van der Waals surface area contributed by atoms with E-state index in [0.717, 1.165) is 12.8 Å². The molecule has 1 saturated carbocycles. The zero-order chi connectivity index (χ0) is 14.9. The summed E-state index contributed by atoms with van der Waals surface area (Å²) in [7, 11) is -3.42. The second-order valence-electron chi connectivity index (χ2n) is 5.57. The van der Waals surface area contributed by atoms with Crippen LogP contribution >= 0.6 is 23.2 Å². The molecular weight excluding hydrogens is 317 g/mol. The summed E-state index contributed by atoms with van der Waals surface area (Å²) in [6.45, 7) is 2.49.